The molecule has 2 aliphatic heterocycles. The van der Waals surface area contributed by atoms with Gasteiger partial charge in [0.1, 0.15) is 11.8 Å². The van der Waals surface area contributed by atoms with Gasteiger partial charge in [-0.25, -0.2) is 0 Å². The van der Waals surface area contributed by atoms with Crippen LogP contribution in [0.15, 0.2) is 72.8 Å². The van der Waals surface area contributed by atoms with Crippen molar-refractivity contribution >= 4 is 29.1 Å². The van der Waals surface area contributed by atoms with Crippen molar-refractivity contribution in [2.45, 2.75) is 19.0 Å². The van der Waals surface area contributed by atoms with E-state index in [1.165, 1.54) is 17.0 Å². The summed E-state index contributed by atoms with van der Waals surface area (Å²) in [6, 6.07) is 17.3. The van der Waals surface area contributed by atoms with Gasteiger partial charge in [0.15, 0.2) is 0 Å². The van der Waals surface area contributed by atoms with E-state index in [-0.39, 0.29) is 16.8 Å². The van der Waals surface area contributed by atoms with E-state index in [1.807, 2.05) is 6.92 Å². The second-order valence-corrected chi connectivity index (χ2v) is 7.90. The third-order valence-corrected chi connectivity index (χ3v) is 6.04. The zero-order valence-electron chi connectivity index (χ0n) is 18.1. The lowest BCUT2D eigenvalue weighted by molar-refractivity contribution is -0.384. The summed E-state index contributed by atoms with van der Waals surface area (Å²) in [5.74, 6) is -0.834. The number of ether oxygens (including phenoxy) is 1. The fourth-order valence-electron chi connectivity index (χ4n) is 4.47. The highest BCUT2D eigenvalue weighted by molar-refractivity contribution is 6.24. The van der Waals surface area contributed by atoms with E-state index in [1.54, 1.807) is 60.7 Å². The molecule has 0 aliphatic carbocycles. The maximum atomic E-state index is 13.4. The predicted molar refractivity (Wildman–Crippen MR) is 122 cm³/mol. The van der Waals surface area contributed by atoms with Crippen molar-refractivity contribution in [1.82, 2.24) is 4.90 Å². The van der Waals surface area contributed by atoms with Crippen molar-refractivity contribution in [3.05, 3.63) is 99.6 Å². The number of hydrogen-bond acceptors (Lipinski definition) is 6. The number of benzene rings is 3. The molecule has 2 atom stereocenters. The molecule has 0 unspecified atom stereocenters. The Hall–Kier alpha value is -4.53. The van der Waals surface area contributed by atoms with Crippen LogP contribution in [-0.4, -0.2) is 40.2 Å². The zero-order valence-corrected chi connectivity index (χ0v) is 18.1. The maximum Gasteiger partial charge on any atom is 0.269 e. The summed E-state index contributed by atoms with van der Waals surface area (Å²) in [6.07, 6.45) is 0. The Kier molecular flexibility index (Phi) is 5.09. The van der Waals surface area contributed by atoms with Gasteiger partial charge < -0.3 is 9.64 Å². The summed E-state index contributed by atoms with van der Waals surface area (Å²) in [7, 11) is 0. The smallest absolute Gasteiger partial charge is 0.269 e. The summed E-state index contributed by atoms with van der Waals surface area (Å²) in [4.78, 5) is 52.7. The fourth-order valence-corrected chi connectivity index (χ4v) is 4.47. The number of amides is 3. The monoisotopic (exact) mass is 457 g/mol. The number of nitro groups is 1. The molecule has 0 saturated carbocycles. The first-order valence-electron chi connectivity index (χ1n) is 10.7. The van der Waals surface area contributed by atoms with Crippen LogP contribution in [0, 0.1) is 10.1 Å². The molecule has 170 valence electrons. The maximum absolute atomic E-state index is 13.4. The summed E-state index contributed by atoms with van der Waals surface area (Å²) < 4.78 is 5.47. The van der Waals surface area contributed by atoms with Crippen molar-refractivity contribution in [3.8, 4) is 5.75 Å². The summed E-state index contributed by atoms with van der Waals surface area (Å²) in [6.45, 7) is 2.36. The van der Waals surface area contributed by atoms with E-state index in [2.05, 4.69) is 0 Å². The first-order valence-corrected chi connectivity index (χ1v) is 10.7. The highest BCUT2D eigenvalue weighted by Gasteiger charge is 2.57. The Morgan fingerprint density at radius 3 is 1.94 bits per heavy atom. The van der Waals surface area contributed by atoms with Crippen molar-refractivity contribution < 1.29 is 24.0 Å². The normalized spacial score (nSPS) is 19.1. The van der Waals surface area contributed by atoms with Gasteiger partial charge >= 0.3 is 0 Å². The van der Waals surface area contributed by atoms with Gasteiger partial charge in [0.05, 0.1) is 28.7 Å². The van der Waals surface area contributed by atoms with Crippen LogP contribution in [0.1, 0.15) is 39.2 Å². The number of nitro benzene ring substituents is 1. The number of carbonyl (C=O) groups is 3. The average Bonchev–Trinajstić information content (AvgIpc) is 3.09. The molecule has 5 rings (SSSR count). The number of hydrogen-bond donors (Lipinski definition) is 0. The average molecular weight is 457 g/mol. The number of carbonyl (C=O) groups excluding carboxylic acids is 3. The van der Waals surface area contributed by atoms with E-state index < -0.39 is 34.7 Å². The first-order chi connectivity index (χ1) is 16.4. The topological polar surface area (TPSA) is 110 Å². The Balaban J connectivity index is 1.55. The summed E-state index contributed by atoms with van der Waals surface area (Å²) in [5.41, 5.74) is 1.54. The van der Waals surface area contributed by atoms with Gasteiger partial charge in [-0.05, 0) is 48.9 Å². The number of non-ortho nitro benzene ring substituents is 1. The van der Waals surface area contributed by atoms with Crippen LogP contribution in [0.25, 0.3) is 0 Å². The van der Waals surface area contributed by atoms with Crippen LogP contribution in [0.5, 0.6) is 5.75 Å². The number of fused-ring (bicyclic) bond motifs is 1. The molecule has 2 heterocycles. The third kappa shape index (κ3) is 3.21. The Morgan fingerprint density at radius 2 is 1.41 bits per heavy atom. The molecule has 2 aliphatic rings. The number of nitrogens with zero attached hydrogens (tertiary/aromatic N) is 3. The van der Waals surface area contributed by atoms with E-state index >= 15 is 0 Å². The van der Waals surface area contributed by atoms with E-state index in [9.17, 15) is 24.5 Å². The van der Waals surface area contributed by atoms with Crippen molar-refractivity contribution in [3.63, 3.8) is 0 Å². The highest BCUT2D eigenvalue weighted by Crippen LogP contribution is 2.44. The van der Waals surface area contributed by atoms with Gasteiger partial charge in [0.25, 0.3) is 23.4 Å². The van der Waals surface area contributed by atoms with Gasteiger partial charge in [-0.1, -0.05) is 24.3 Å². The lowest BCUT2D eigenvalue weighted by Crippen LogP contribution is -2.67. The SMILES string of the molecule is CCOc1ccc(N2C(=O)[C@@H](N3C(=O)c4ccccc4C3=O)[C@H]2c2ccc([N+](=O)[O-])cc2)cc1. The zero-order chi connectivity index (χ0) is 24.0. The molecular weight excluding hydrogens is 438 g/mol. The Morgan fingerprint density at radius 1 is 0.824 bits per heavy atom. The fraction of sp³-hybridized carbons (Fsp3) is 0.160. The van der Waals surface area contributed by atoms with Gasteiger partial charge in [-0.3, -0.25) is 29.4 Å². The molecule has 1 saturated heterocycles. The minimum atomic E-state index is -1.07. The molecule has 34 heavy (non-hydrogen) atoms. The molecule has 0 bridgehead atoms. The van der Waals surface area contributed by atoms with Crippen LogP contribution in [0.3, 0.4) is 0 Å². The summed E-state index contributed by atoms with van der Waals surface area (Å²) in [5, 5.41) is 11.1. The number of imide groups is 1. The van der Waals surface area contributed by atoms with Gasteiger partial charge in [0, 0.05) is 17.8 Å². The van der Waals surface area contributed by atoms with Crippen LogP contribution in [0.2, 0.25) is 0 Å². The second-order valence-electron chi connectivity index (χ2n) is 7.90. The van der Waals surface area contributed by atoms with Crippen LogP contribution < -0.4 is 9.64 Å². The molecule has 0 spiro atoms. The van der Waals surface area contributed by atoms with Crippen LogP contribution in [-0.2, 0) is 4.79 Å². The summed E-state index contributed by atoms with van der Waals surface area (Å²) >= 11 is 0. The minimum absolute atomic E-state index is 0.0979. The molecule has 1 fully saturated rings. The highest BCUT2D eigenvalue weighted by atomic mass is 16.6. The molecule has 0 N–H and O–H groups in total. The standard InChI is InChI=1S/C25H19N3O6/c1-2-34-18-13-11-16(12-14-18)26-21(15-7-9-17(10-8-15)28(32)33)22(25(26)31)27-23(29)19-5-3-4-6-20(19)24(27)30/h3-14,21-22H,2H2,1H3/t21-,22+/m1/s1. The molecule has 0 aromatic heterocycles. The molecule has 9 nitrogen and oxygen atoms in total. The van der Waals surface area contributed by atoms with Crippen molar-refractivity contribution in [2.24, 2.45) is 0 Å². The molecular formula is C25H19N3O6. The van der Waals surface area contributed by atoms with Gasteiger partial charge in [0.2, 0.25) is 0 Å². The lowest BCUT2D eigenvalue weighted by atomic mass is 9.86. The van der Waals surface area contributed by atoms with Crippen LogP contribution in [0.4, 0.5) is 11.4 Å². The minimum Gasteiger partial charge on any atom is -0.494 e. The number of anilines is 1. The molecule has 0 radical (unpaired) electrons. The van der Waals surface area contributed by atoms with E-state index in [0.717, 1.165) is 4.90 Å². The van der Waals surface area contributed by atoms with Gasteiger partial charge in [-0.2, -0.15) is 0 Å². The van der Waals surface area contributed by atoms with Crippen molar-refractivity contribution in [2.75, 3.05) is 11.5 Å². The van der Waals surface area contributed by atoms with E-state index in [4.69, 9.17) is 4.74 Å². The second kappa shape index (κ2) is 8.11. The Labute approximate surface area is 194 Å². The van der Waals surface area contributed by atoms with Crippen molar-refractivity contribution in [1.29, 1.82) is 0 Å². The number of β-lactam (4-membered cyclic amide) rings is 1. The molecule has 9 heteroatoms. The largest absolute Gasteiger partial charge is 0.494 e. The van der Waals surface area contributed by atoms with Gasteiger partial charge in [-0.15, -0.1) is 0 Å². The predicted octanol–water partition coefficient (Wildman–Crippen LogP) is 3.75. The quantitative estimate of drug-likeness (QED) is 0.241. The lowest BCUT2D eigenvalue weighted by Gasteiger charge is -2.49. The third-order valence-electron chi connectivity index (χ3n) is 6.04. The molecule has 3 aromatic carbocycles. The number of rotatable bonds is 6. The molecule has 3 aromatic rings. The van der Waals surface area contributed by atoms with Crippen LogP contribution >= 0.6 is 0 Å². The van der Waals surface area contributed by atoms with E-state index in [0.29, 0.717) is 23.6 Å². The first kappa shape index (κ1) is 21.3. The Bertz CT molecular complexity index is 1280. The molecule has 3 amide bonds.